The number of aliphatic hydroxyl groups is 1. The highest BCUT2D eigenvalue weighted by Crippen LogP contribution is 2.24. The predicted octanol–water partition coefficient (Wildman–Crippen LogP) is 4.04. The Morgan fingerprint density at radius 2 is 1.78 bits per heavy atom. The third kappa shape index (κ3) is 7.24. The number of nitrogens with one attached hydrogen (secondary N) is 2. The first-order valence-electron chi connectivity index (χ1n) is 11.8. The van der Waals surface area contributed by atoms with Gasteiger partial charge in [0.25, 0.3) is 0 Å². The van der Waals surface area contributed by atoms with Crippen LogP contribution < -0.4 is 15.5 Å². The summed E-state index contributed by atoms with van der Waals surface area (Å²) in [7, 11) is 0. The summed E-state index contributed by atoms with van der Waals surface area (Å²) in [4.78, 5) is 7.03. The van der Waals surface area contributed by atoms with Crippen LogP contribution in [0.2, 0.25) is 0 Å². The molecule has 3 N–H and O–H groups in total. The molecule has 0 amide bonds. The van der Waals surface area contributed by atoms with Crippen molar-refractivity contribution in [1.82, 2.24) is 10.6 Å². The number of guanidine groups is 1. The molecule has 6 heteroatoms. The van der Waals surface area contributed by atoms with Crippen LogP contribution in [0.15, 0.2) is 59.6 Å². The number of ether oxygens (including phenoxy) is 1. The van der Waals surface area contributed by atoms with E-state index in [1.165, 1.54) is 24.1 Å². The molecule has 1 heterocycles. The molecule has 2 aromatic rings. The van der Waals surface area contributed by atoms with Crippen LogP contribution in [0, 0.1) is 0 Å². The van der Waals surface area contributed by atoms with Gasteiger partial charge < -0.3 is 25.4 Å². The Morgan fingerprint density at radius 3 is 2.50 bits per heavy atom. The molecule has 0 radical (unpaired) electrons. The normalized spacial score (nSPS) is 17.1. The van der Waals surface area contributed by atoms with Gasteiger partial charge in [-0.15, -0.1) is 0 Å². The van der Waals surface area contributed by atoms with Crippen LogP contribution in [0.4, 0.5) is 5.69 Å². The summed E-state index contributed by atoms with van der Waals surface area (Å²) in [5.74, 6) is 0.696. The fourth-order valence-corrected chi connectivity index (χ4v) is 3.90. The van der Waals surface area contributed by atoms with Crippen molar-refractivity contribution in [2.75, 3.05) is 37.7 Å². The maximum absolute atomic E-state index is 10.4. The van der Waals surface area contributed by atoms with Crippen LogP contribution in [0.25, 0.3) is 0 Å². The monoisotopic (exact) mass is 438 g/mol. The van der Waals surface area contributed by atoms with Crippen LogP contribution in [-0.4, -0.2) is 50.0 Å². The highest BCUT2D eigenvalue weighted by Gasteiger charge is 2.15. The number of aliphatic hydroxyl groups excluding tert-OH is 1. The second-order valence-corrected chi connectivity index (χ2v) is 8.41. The lowest BCUT2D eigenvalue weighted by Crippen LogP contribution is -2.39. The highest BCUT2D eigenvalue weighted by atomic mass is 16.5. The van der Waals surface area contributed by atoms with E-state index in [1.807, 2.05) is 44.2 Å². The topological polar surface area (TPSA) is 69.1 Å². The maximum Gasteiger partial charge on any atom is 0.191 e. The number of anilines is 1. The second-order valence-electron chi connectivity index (χ2n) is 8.41. The van der Waals surface area contributed by atoms with Crippen LogP contribution in [0.5, 0.6) is 0 Å². The van der Waals surface area contributed by atoms with Crippen molar-refractivity contribution in [3.8, 4) is 0 Å². The van der Waals surface area contributed by atoms with Crippen LogP contribution in [-0.2, 0) is 4.74 Å². The van der Waals surface area contributed by atoms with Gasteiger partial charge in [-0.1, -0.05) is 42.5 Å². The third-order valence-electron chi connectivity index (χ3n) is 5.81. The minimum absolute atomic E-state index is 0.0657. The van der Waals surface area contributed by atoms with Crippen LogP contribution in [0.1, 0.15) is 56.9 Å². The van der Waals surface area contributed by atoms with E-state index in [9.17, 15) is 5.11 Å². The molecule has 32 heavy (non-hydrogen) atoms. The molecule has 0 bridgehead atoms. The van der Waals surface area contributed by atoms with E-state index in [1.54, 1.807) is 0 Å². The number of aliphatic imine (C=N–C) groups is 1. The molecule has 3 rings (SSSR count). The Bertz CT molecular complexity index is 837. The Morgan fingerprint density at radius 1 is 1.06 bits per heavy atom. The second kappa shape index (κ2) is 12.5. The van der Waals surface area contributed by atoms with Gasteiger partial charge in [-0.2, -0.15) is 0 Å². The molecule has 0 aromatic heterocycles. The van der Waals surface area contributed by atoms with Gasteiger partial charge >= 0.3 is 0 Å². The van der Waals surface area contributed by atoms with Gasteiger partial charge in [0, 0.05) is 25.3 Å². The molecule has 1 fully saturated rings. The largest absolute Gasteiger partial charge is 0.389 e. The lowest BCUT2D eigenvalue weighted by molar-refractivity contribution is 0.00111. The van der Waals surface area contributed by atoms with Gasteiger partial charge in [-0.3, -0.25) is 4.99 Å². The van der Waals surface area contributed by atoms with Crippen molar-refractivity contribution in [3.63, 3.8) is 0 Å². The summed E-state index contributed by atoms with van der Waals surface area (Å²) < 4.78 is 5.83. The zero-order valence-corrected chi connectivity index (χ0v) is 19.6. The van der Waals surface area contributed by atoms with Gasteiger partial charge in [0.2, 0.25) is 0 Å². The Labute approximate surface area is 192 Å². The van der Waals surface area contributed by atoms with E-state index in [0.29, 0.717) is 5.96 Å². The first kappa shape index (κ1) is 24.1. The standard InChI is InChI=1S/C26H38N4O2/c1-4-27-26(28-18-25(31)19-32-21(3)22-11-6-5-7-12-22)29-20(2)23-13-10-14-24(17-23)30-15-8-9-16-30/h5-7,10-14,17,20-21,25,31H,4,8-9,15-16,18-19H2,1-3H3,(H2,27,28,29). The third-order valence-corrected chi connectivity index (χ3v) is 5.81. The minimum Gasteiger partial charge on any atom is -0.389 e. The van der Waals surface area contributed by atoms with E-state index < -0.39 is 6.10 Å². The number of rotatable bonds is 10. The molecular weight excluding hydrogens is 400 g/mol. The van der Waals surface area contributed by atoms with E-state index >= 15 is 0 Å². The first-order valence-corrected chi connectivity index (χ1v) is 11.8. The summed E-state index contributed by atoms with van der Waals surface area (Å²) in [6, 6.07) is 18.9. The van der Waals surface area contributed by atoms with Crippen LogP contribution in [0.3, 0.4) is 0 Å². The SMILES string of the molecule is CCNC(=NCC(O)COC(C)c1ccccc1)NC(C)c1cccc(N2CCCC2)c1. The summed E-state index contributed by atoms with van der Waals surface area (Å²) in [5.41, 5.74) is 3.61. The smallest absolute Gasteiger partial charge is 0.191 e. The molecule has 6 nitrogen and oxygen atoms in total. The Balaban J connectivity index is 1.53. The fraction of sp³-hybridized carbons (Fsp3) is 0.500. The van der Waals surface area contributed by atoms with Gasteiger partial charge in [-0.05, 0) is 56.9 Å². The highest BCUT2D eigenvalue weighted by molar-refractivity contribution is 5.80. The molecule has 2 aromatic carbocycles. The number of nitrogens with zero attached hydrogens (tertiary/aromatic N) is 2. The summed E-state index contributed by atoms with van der Waals surface area (Å²) in [6.07, 6.45) is 1.81. The van der Waals surface area contributed by atoms with E-state index in [-0.39, 0.29) is 25.3 Å². The zero-order chi connectivity index (χ0) is 22.8. The minimum atomic E-state index is -0.662. The predicted molar refractivity (Wildman–Crippen MR) is 132 cm³/mol. The summed E-state index contributed by atoms with van der Waals surface area (Å²) in [5, 5.41) is 17.1. The van der Waals surface area contributed by atoms with Gasteiger partial charge in [-0.25, -0.2) is 0 Å². The molecule has 3 atom stereocenters. The number of hydrogen-bond acceptors (Lipinski definition) is 4. The molecule has 1 aliphatic rings. The Hall–Kier alpha value is -2.57. The molecule has 3 unspecified atom stereocenters. The van der Waals surface area contributed by atoms with Gasteiger partial charge in [0.1, 0.15) is 0 Å². The van der Waals surface area contributed by atoms with Gasteiger partial charge in [0.05, 0.1) is 31.4 Å². The molecule has 1 aliphatic heterocycles. The van der Waals surface area contributed by atoms with Gasteiger partial charge in [0.15, 0.2) is 5.96 Å². The van der Waals surface area contributed by atoms with Crippen molar-refractivity contribution in [2.24, 2.45) is 4.99 Å². The van der Waals surface area contributed by atoms with Crippen LogP contribution >= 0.6 is 0 Å². The van der Waals surface area contributed by atoms with Crippen molar-refractivity contribution >= 4 is 11.6 Å². The summed E-state index contributed by atoms with van der Waals surface area (Å²) >= 11 is 0. The Kier molecular flexibility index (Phi) is 9.38. The van der Waals surface area contributed by atoms with Crippen molar-refractivity contribution in [3.05, 3.63) is 65.7 Å². The van der Waals surface area contributed by atoms with Crippen molar-refractivity contribution in [2.45, 2.75) is 51.9 Å². The quantitative estimate of drug-likeness (QED) is 0.386. The molecule has 1 saturated heterocycles. The molecule has 0 aliphatic carbocycles. The first-order chi connectivity index (χ1) is 15.6. The maximum atomic E-state index is 10.4. The lowest BCUT2D eigenvalue weighted by Gasteiger charge is -2.22. The zero-order valence-electron chi connectivity index (χ0n) is 19.6. The van der Waals surface area contributed by atoms with E-state index in [0.717, 1.165) is 25.2 Å². The van der Waals surface area contributed by atoms with Crippen molar-refractivity contribution in [1.29, 1.82) is 0 Å². The molecule has 0 saturated carbocycles. The molecule has 0 spiro atoms. The van der Waals surface area contributed by atoms with E-state index in [2.05, 4.69) is 51.7 Å². The number of benzene rings is 2. The fourth-order valence-electron chi connectivity index (χ4n) is 3.90. The molecule has 174 valence electrons. The van der Waals surface area contributed by atoms with E-state index in [4.69, 9.17) is 4.74 Å². The summed E-state index contributed by atoms with van der Waals surface area (Å²) in [6.45, 7) is 9.72. The average Bonchev–Trinajstić information content (AvgIpc) is 3.37. The lowest BCUT2D eigenvalue weighted by atomic mass is 10.1. The number of hydrogen-bond donors (Lipinski definition) is 3. The van der Waals surface area contributed by atoms with Crippen molar-refractivity contribution < 1.29 is 9.84 Å². The average molecular weight is 439 g/mol. The molecular formula is C26H38N4O2.